The third kappa shape index (κ3) is 7.30. The molecule has 0 saturated heterocycles. The first-order chi connectivity index (χ1) is 20.4. The van der Waals surface area contributed by atoms with Crippen molar-refractivity contribution in [1.82, 2.24) is 4.57 Å². The van der Waals surface area contributed by atoms with E-state index in [1.54, 1.807) is 17.8 Å². The van der Waals surface area contributed by atoms with Gasteiger partial charge in [-0.05, 0) is 74.4 Å². The number of alkyl halides is 1. The second-order valence-corrected chi connectivity index (χ2v) is 11.3. The minimum Gasteiger partial charge on any atom is -0.341 e. The van der Waals surface area contributed by atoms with E-state index in [1.165, 1.54) is 6.92 Å². The number of rotatable bonds is 13. The van der Waals surface area contributed by atoms with Crippen molar-refractivity contribution < 1.29 is 14.4 Å². The van der Waals surface area contributed by atoms with Crippen LogP contribution in [0.2, 0.25) is 0 Å². The van der Waals surface area contributed by atoms with Crippen LogP contribution < -0.4 is 0 Å². The number of carbonyl (C=O) groups excluding carboxylic acids is 2. The Labute approximate surface area is 256 Å². The van der Waals surface area contributed by atoms with E-state index in [9.17, 15) is 9.59 Å². The quantitative estimate of drug-likeness (QED) is 0.0293. The van der Waals surface area contributed by atoms with Crippen LogP contribution in [0.25, 0.3) is 21.8 Å². The van der Waals surface area contributed by atoms with E-state index in [0.29, 0.717) is 29.1 Å². The van der Waals surface area contributed by atoms with E-state index < -0.39 is 5.97 Å². The van der Waals surface area contributed by atoms with Crippen molar-refractivity contribution >= 4 is 62.6 Å². The molecule has 0 spiro atoms. The van der Waals surface area contributed by atoms with Crippen LogP contribution in [-0.4, -0.2) is 33.7 Å². The van der Waals surface area contributed by atoms with Gasteiger partial charge in [-0.3, -0.25) is 4.79 Å². The van der Waals surface area contributed by atoms with Gasteiger partial charge >= 0.3 is 5.97 Å². The molecule has 0 atom stereocenters. The molecule has 0 aliphatic carbocycles. The second-order valence-electron chi connectivity index (χ2n) is 9.79. The van der Waals surface area contributed by atoms with E-state index in [-0.39, 0.29) is 5.78 Å². The summed E-state index contributed by atoms with van der Waals surface area (Å²) in [5.41, 5.74) is 6.01. The van der Waals surface area contributed by atoms with E-state index in [4.69, 9.17) is 16.4 Å². The lowest BCUT2D eigenvalue weighted by molar-refractivity contribution is -0.140. The summed E-state index contributed by atoms with van der Waals surface area (Å²) in [7, 11) is 0. The highest BCUT2D eigenvalue weighted by Gasteiger charge is 2.17. The summed E-state index contributed by atoms with van der Waals surface area (Å²) in [5, 5.41) is 6.26. The summed E-state index contributed by atoms with van der Waals surface area (Å²) in [6, 6.07) is 19.8. The van der Waals surface area contributed by atoms with Crippen LogP contribution in [0, 0.1) is 6.92 Å². The van der Waals surface area contributed by atoms with Crippen LogP contribution in [-0.2, 0) is 16.2 Å². The van der Waals surface area contributed by atoms with Gasteiger partial charge in [-0.15, -0.1) is 23.4 Å². The molecule has 216 valence electrons. The summed E-state index contributed by atoms with van der Waals surface area (Å²) in [6.07, 6.45) is 9.05. The Kier molecular flexibility index (Phi) is 11.0. The third-order valence-electron chi connectivity index (χ3n) is 6.93. The van der Waals surface area contributed by atoms with Gasteiger partial charge in [0.05, 0.1) is 5.71 Å². The molecule has 7 heteroatoms. The number of oxime groups is 1. The fourth-order valence-corrected chi connectivity index (χ4v) is 5.97. The van der Waals surface area contributed by atoms with Gasteiger partial charge in [-0.2, -0.15) is 0 Å². The van der Waals surface area contributed by atoms with E-state index in [0.717, 1.165) is 56.6 Å². The number of aryl methyl sites for hydroxylation is 2. The van der Waals surface area contributed by atoms with E-state index in [1.807, 2.05) is 73.7 Å². The number of hydrogen-bond donors (Lipinski definition) is 0. The zero-order chi connectivity index (χ0) is 30.1. The number of allylic oxidation sites excluding steroid dienone is 4. The standard InChI is InChI=1S/C35H35ClN2O3S/c1-5-11-28(13-9-20-36)42-21-10-15-32(37-41-25(4)39)26-16-18-33-30(22-26)31-23-27(17-19-34(31)38(33)6-2)35(40)29-14-8-7-12-24(29)3/h5,7-9,11-14,16-19,22-23H,1,6,10,15,20-21H2,2-4H3/b13-9-,28-11+,37-32+. The Morgan fingerprint density at radius 3 is 2.38 bits per heavy atom. The first-order valence-electron chi connectivity index (χ1n) is 14.0. The number of hydrogen-bond acceptors (Lipinski definition) is 5. The van der Waals surface area contributed by atoms with Gasteiger partial charge in [0, 0.05) is 62.7 Å². The van der Waals surface area contributed by atoms with E-state index in [2.05, 4.69) is 35.4 Å². The highest BCUT2D eigenvalue weighted by Crippen LogP contribution is 2.32. The van der Waals surface area contributed by atoms with Crippen molar-refractivity contribution in [2.75, 3.05) is 11.6 Å². The number of fused-ring (bicyclic) bond motifs is 3. The summed E-state index contributed by atoms with van der Waals surface area (Å²) < 4.78 is 2.25. The zero-order valence-corrected chi connectivity index (χ0v) is 25.8. The van der Waals surface area contributed by atoms with Gasteiger partial charge < -0.3 is 9.40 Å². The average Bonchev–Trinajstić information content (AvgIpc) is 3.31. The first kappa shape index (κ1) is 31.1. The van der Waals surface area contributed by atoms with Crippen molar-refractivity contribution in [3.63, 3.8) is 0 Å². The predicted molar refractivity (Wildman–Crippen MR) is 178 cm³/mol. The molecule has 0 fully saturated rings. The molecule has 0 radical (unpaired) electrons. The largest absolute Gasteiger partial charge is 0.341 e. The number of halogens is 1. The van der Waals surface area contributed by atoms with Crippen LogP contribution in [0.1, 0.15) is 53.7 Å². The normalized spacial score (nSPS) is 12.4. The molecule has 1 aromatic heterocycles. The molecule has 3 aromatic carbocycles. The number of benzene rings is 3. The van der Waals surface area contributed by atoms with Gasteiger partial charge in [0.1, 0.15) is 0 Å². The van der Waals surface area contributed by atoms with Crippen molar-refractivity contribution in [3.8, 4) is 0 Å². The highest BCUT2D eigenvalue weighted by molar-refractivity contribution is 8.03. The third-order valence-corrected chi connectivity index (χ3v) is 8.21. The summed E-state index contributed by atoms with van der Waals surface area (Å²) in [5.74, 6) is 0.830. The van der Waals surface area contributed by atoms with Crippen molar-refractivity contribution in [2.24, 2.45) is 5.16 Å². The molecular weight excluding hydrogens is 564 g/mol. The Balaban J connectivity index is 1.69. The number of aromatic nitrogens is 1. The number of ketones is 1. The molecule has 0 aliphatic rings. The predicted octanol–water partition coefficient (Wildman–Crippen LogP) is 9.00. The first-order valence-corrected chi connectivity index (χ1v) is 15.5. The smallest absolute Gasteiger partial charge is 0.331 e. The molecule has 4 rings (SSSR count). The van der Waals surface area contributed by atoms with Crippen molar-refractivity contribution in [2.45, 2.75) is 40.2 Å². The lowest BCUT2D eigenvalue weighted by atomic mass is 9.97. The van der Waals surface area contributed by atoms with Crippen molar-refractivity contribution in [3.05, 3.63) is 119 Å². The van der Waals surface area contributed by atoms with Gasteiger partial charge in [0.2, 0.25) is 0 Å². The van der Waals surface area contributed by atoms with E-state index >= 15 is 0 Å². The second kappa shape index (κ2) is 14.9. The van der Waals surface area contributed by atoms with Gasteiger partial charge in [-0.1, -0.05) is 60.3 Å². The van der Waals surface area contributed by atoms with Crippen LogP contribution in [0.5, 0.6) is 0 Å². The number of carbonyl (C=O) groups is 2. The lowest BCUT2D eigenvalue weighted by Crippen LogP contribution is -2.05. The lowest BCUT2D eigenvalue weighted by Gasteiger charge is -2.08. The van der Waals surface area contributed by atoms with Crippen LogP contribution in [0.4, 0.5) is 0 Å². The molecule has 0 amide bonds. The molecule has 42 heavy (non-hydrogen) atoms. The fraction of sp³-hybridized carbons (Fsp3) is 0.229. The average molecular weight is 599 g/mol. The minimum atomic E-state index is -0.465. The maximum Gasteiger partial charge on any atom is 0.331 e. The van der Waals surface area contributed by atoms with Crippen LogP contribution in [0.15, 0.2) is 102 Å². The molecule has 0 unspecified atom stereocenters. The Hall–Kier alpha value is -3.87. The van der Waals surface area contributed by atoms with Crippen LogP contribution >= 0.6 is 23.4 Å². The molecular formula is C35H35ClN2O3S. The summed E-state index contributed by atoms with van der Waals surface area (Å²) >= 11 is 7.51. The van der Waals surface area contributed by atoms with Gasteiger partial charge in [-0.25, -0.2) is 4.79 Å². The minimum absolute atomic E-state index is 0.00364. The summed E-state index contributed by atoms with van der Waals surface area (Å²) in [4.78, 5) is 31.3. The summed E-state index contributed by atoms with van der Waals surface area (Å²) in [6.45, 7) is 9.99. The van der Waals surface area contributed by atoms with Gasteiger partial charge in [0.25, 0.3) is 0 Å². The fourth-order valence-electron chi connectivity index (χ4n) is 4.97. The van der Waals surface area contributed by atoms with Crippen molar-refractivity contribution in [1.29, 1.82) is 0 Å². The Bertz CT molecular complexity index is 1710. The number of thioether (sulfide) groups is 1. The monoisotopic (exact) mass is 598 g/mol. The highest BCUT2D eigenvalue weighted by atomic mass is 35.5. The van der Waals surface area contributed by atoms with Gasteiger partial charge in [0.15, 0.2) is 5.78 Å². The maximum atomic E-state index is 13.4. The molecule has 0 N–H and O–H groups in total. The SMILES string of the molecule is C=C/C=C(\C=C/CCl)SCCC/C(=N\OC(C)=O)c1ccc2c(c1)c1cc(C(=O)c3ccccc3C)ccc1n2CC. The molecule has 0 bridgehead atoms. The molecule has 0 saturated carbocycles. The number of nitrogens with zero attached hydrogens (tertiary/aromatic N) is 2. The zero-order valence-electron chi connectivity index (χ0n) is 24.2. The molecule has 1 heterocycles. The van der Waals surface area contributed by atoms with Crippen LogP contribution in [0.3, 0.4) is 0 Å². The maximum absolute atomic E-state index is 13.4. The Morgan fingerprint density at radius 1 is 1.05 bits per heavy atom. The molecule has 0 aliphatic heterocycles. The molecule has 5 nitrogen and oxygen atoms in total. The topological polar surface area (TPSA) is 60.7 Å². The molecule has 4 aromatic rings. The Morgan fingerprint density at radius 2 is 1.74 bits per heavy atom.